The first-order valence-electron chi connectivity index (χ1n) is 6.46. The molecule has 0 radical (unpaired) electrons. The highest BCUT2D eigenvalue weighted by Crippen LogP contribution is 2.22. The molecule has 0 aliphatic heterocycles. The molecule has 0 atom stereocenters. The minimum absolute atomic E-state index is 0.339. The topological polar surface area (TPSA) is 62.2 Å². The normalized spacial score (nSPS) is 10.8. The summed E-state index contributed by atoms with van der Waals surface area (Å²) >= 11 is 0. The summed E-state index contributed by atoms with van der Waals surface area (Å²) in [4.78, 5) is 16.0. The molecule has 0 amide bonds. The Morgan fingerprint density at radius 3 is 2.84 bits per heavy atom. The van der Waals surface area contributed by atoms with E-state index in [1.165, 1.54) is 0 Å². The highest BCUT2D eigenvalue weighted by Gasteiger charge is 2.13. The second-order valence-corrected chi connectivity index (χ2v) is 4.49. The molecule has 1 aromatic carbocycles. The van der Waals surface area contributed by atoms with Gasteiger partial charge in [-0.3, -0.25) is 4.98 Å². The number of para-hydroxylation sites is 1. The molecular formula is C15H18N2O2. The summed E-state index contributed by atoms with van der Waals surface area (Å²) in [6.07, 6.45) is 1.57. The van der Waals surface area contributed by atoms with Crippen LogP contribution in [0.4, 0.5) is 0 Å². The molecule has 0 unspecified atom stereocenters. The van der Waals surface area contributed by atoms with E-state index in [2.05, 4.69) is 17.2 Å². The van der Waals surface area contributed by atoms with E-state index in [4.69, 9.17) is 0 Å². The lowest BCUT2D eigenvalue weighted by Gasteiger charge is -2.09. The standard InChI is InChI=1S/C15H18N2O2/c1-3-10-5-4-6-12-13(15(18)19)9-11(7-8-16-2)17-14(10)12/h4-6,9,16H,3,7-8H2,1-2H3,(H,18,19). The van der Waals surface area contributed by atoms with Crippen molar-refractivity contribution in [2.24, 2.45) is 0 Å². The van der Waals surface area contributed by atoms with Gasteiger partial charge in [-0.25, -0.2) is 4.79 Å². The summed E-state index contributed by atoms with van der Waals surface area (Å²) in [7, 11) is 1.87. The molecule has 1 aromatic heterocycles. The van der Waals surface area contributed by atoms with Crippen LogP contribution in [-0.2, 0) is 12.8 Å². The van der Waals surface area contributed by atoms with Gasteiger partial charge in [-0.2, -0.15) is 0 Å². The molecule has 0 fully saturated rings. The third kappa shape index (κ3) is 2.74. The largest absolute Gasteiger partial charge is 0.478 e. The first-order chi connectivity index (χ1) is 9.17. The van der Waals surface area contributed by atoms with Gasteiger partial charge < -0.3 is 10.4 Å². The van der Waals surface area contributed by atoms with Crippen molar-refractivity contribution in [1.82, 2.24) is 10.3 Å². The van der Waals surface area contributed by atoms with E-state index in [9.17, 15) is 9.90 Å². The molecule has 0 bridgehead atoms. The Balaban J connectivity index is 2.65. The Morgan fingerprint density at radius 1 is 1.42 bits per heavy atom. The van der Waals surface area contributed by atoms with Crippen LogP contribution in [0.2, 0.25) is 0 Å². The number of nitrogens with one attached hydrogen (secondary N) is 1. The van der Waals surface area contributed by atoms with Gasteiger partial charge in [-0.1, -0.05) is 25.1 Å². The van der Waals surface area contributed by atoms with E-state index in [-0.39, 0.29) is 0 Å². The fraction of sp³-hybridized carbons (Fsp3) is 0.333. The van der Waals surface area contributed by atoms with Crippen molar-refractivity contribution in [1.29, 1.82) is 0 Å². The van der Waals surface area contributed by atoms with Crippen molar-refractivity contribution in [3.05, 3.63) is 41.1 Å². The SMILES string of the molecule is CCc1cccc2c(C(=O)O)cc(CCNC)nc12. The van der Waals surface area contributed by atoms with Crippen molar-refractivity contribution in [3.63, 3.8) is 0 Å². The minimum Gasteiger partial charge on any atom is -0.478 e. The number of rotatable bonds is 5. The van der Waals surface area contributed by atoms with Gasteiger partial charge in [0.15, 0.2) is 0 Å². The van der Waals surface area contributed by atoms with E-state index in [1.54, 1.807) is 6.07 Å². The number of carboxylic acids is 1. The molecule has 0 aliphatic rings. The summed E-state index contributed by atoms with van der Waals surface area (Å²) in [6.45, 7) is 2.84. The number of likely N-dealkylation sites (N-methyl/N-ethyl adjacent to an activating group) is 1. The number of aromatic carboxylic acids is 1. The lowest BCUT2D eigenvalue weighted by Crippen LogP contribution is -2.12. The maximum Gasteiger partial charge on any atom is 0.336 e. The number of carboxylic acid groups (broad SMARTS) is 1. The van der Waals surface area contributed by atoms with E-state index in [0.717, 1.165) is 41.5 Å². The summed E-state index contributed by atoms with van der Waals surface area (Å²) < 4.78 is 0. The Kier molecular flexibility index (Phi) is 4.12. The molecule has 0 saturated heterocycles. The van der Waals surface area contributed by atoms with Gasteiger partial charge in [0, 0.05) is 24.0 Å². The first-order valence-corrected chi connectivity index (χ1v) is 6.46. The average molecular weight is 258 g/mol. The smallest absolute Gasteiger partial charge is 0.336 e. The molecule has 4 heteroatoms. The van der Waals surface area contributed by atoms with Crippen molar-refractivity contribution < 1.29 is 9.90 Å². The van der Waals surface area contributed by atoms with Crippen LogP contribution in [0, 0.1) is 0 Å². The Labute approximate surface area is 112 Å². The summed E-state index contributed by atoms with van der Waals surface area (Å²) in [5.74, 6) is -0.897. The molecule has 19 heavy (non-hydrogen) atoms. The number of carbonyl (C=O) groups is 1. The number of nitrogens with zero attached hydrogens (tertiary/aromatic N) is 1. The van der Waals surface area contributed by atoms with Crippen LogP contribution >= 0.6 is 0 Å². The number of hydrogen-bond acceptors (Lipinski definition) is 3. The zero-order chi connectivity index (χ0) is 13.8. The molecule has 0 saturated carbocycles. The van der Waals surface area contributed by atoms with Crippen LogP contribution in [0.5, 0.6) is 0 Å². The van der Waals surface area contributed by atoms with E-state index >= 15 is 0 Å². The van der Waals surface area contributed by atoms with E-state index in [1.807, 2.05) is 25.2 Å². The maximum absolute atomic E-state index is 11.4. The van der Waals surface area contributed by atoms with Crippen LogP contribution in [0.3, 0.4) is 0 Å². The predicted molar refractivity (Wildman–Crippen MR) is 75.7 cm³/mol. The Morgan fingerprint density at radius 2 is 2.21 bits per heavy atom. The minimum atomic E-state index is -0.897. The van der Waals surface area contributed by atoms with Gasteiger partial charge in [-0.15, -0.1) is 0 Å². The summed E-state index contributed by atoms with van der Waals surface area (Å²) in [5, 5.41) is 13.1. The lowest BCUT2D eigenvalue weighted by molar-refractivity contribution is 0.0699. The van der Waals surface area contributed by atoms with Crippen molar-refractivity contribution in [2.75, 3.05) is 13.6 Å². The maximum atomic E-state index is 11.4. The summed E-state index contributed by atoms with van der Waals surface area (Å²) in [6, 6.07) is 7.40. The molecule has 2 rings (SSSR count). The van der Waals surface area contributed by atoms with Gasteiger partial charge in [0.05, 0.1) is 11.1 Å². The Hall–Kier alpha value is -1.94. The molecule has 2 N–H and O–H groups in total. The molecule has 0 aliphatic carbocycles. The quantitative estimate of drug-likeness (QED) is 0.863. The number of benzene rings is 1. The molecule has 4 nitrogen and oxygen atoms in total. The third-order valence-corrected chi connectivity index (χ3v) is 3.22. The first kappa shape index (κ1) is 13.5. The Bertz CT molecular complexity index is 608. The second kappa shape index (κ2) is 5.80. The highest BCUT2D eigenvalue weighted by atomic mass is 16.4. The number of pyridine rings is 1. The van der Waals surface area contributed by atoms with Crippen molar-refractivity contribution >= 4 is 16.9 Å². The molecule has 1 heterocycles. The van der Waals surface area contributed by atoms with Crippen LogP contribution < -0.4 is 5.32 Å². The number of aryl methyl sites for hydroxylation is 1. The third-order valence-electron chi connectivity index (χ3n) is 3.22. The molecule has 100 valence electrons. The summed E-state index contributed by atoms with van der Waals surface area (Å²) in [5.41, 5.74) is 3.06. The molecule has 0 spiro atoms. The second-order valence-electron chi connectivity index (χ2n) is 4.49. The lowest BCUT2D eigenvalue weighted by atomic mass is 10.0. The highest BCUT2D eigenvalue weighted by molar-refractivity contribution is 6.03. The van der Waals surface area contributed by atoms with Crippen LogP contribution in [0.15, 0.2) is 24.3 Å². The fourth-order valence-corrected chi connectivity index (χ4v) is 2.20. The number of hydrogen-bond donors (Lipinski definition) is 2. The van der Waals surface area contributed by atoms with Gasteiger partial charge in [0.25, 0.3) is 0 Å². The predicted octanol–water partition coefficient (Wildman–Crippen LogP) is 2.26. The van der Waals surface area contributed by atoms with Gasteiger partial charge >= 0.3 is 5.97 Å². The number of fused-ring (bicyclic) bond motifs is 1. The molecular weight excluding hydrogens is 240 g/mol. The molecule has 2 aromatic rings. The van der Waals surface area contributed by atoms with Gasteiger partial charge in [0.2, 0.25) is 0 Å². The zero-order valence-corrected chi connectivity index (χ0v) is 11.2. The van der Waals surface area contributed by atoms with Crippen LogP contribution in [0.25, 0.3) is 10.9 Å². The van der Waals surface area contributed by atoms with Crippen LogP contribution in [0.1, 0.15) is 28.5 Å². The zero-order valence-electron chi connectivity index (χ0n) is 11.2. The van der Waals surface area contributed by atoms with Crippen LogP contribution in [-0.4, -0.2) is 29.7 Å². The number of aromatic nitrogens is 1. The van der Waals surface area contributed by atoms with Crippen molar-refractivity contribution in [3.8, 4) is 0 Å². The van der Waals surface area contributed by atoms with E-state index in [0.29, 0.717) is 5.56 Å². The van der Waals surface area contributed by atoms with Gasteiger partial charge in [0.1, 0.15) is 0 Å². The average Bonchev–Trinajstić information content (AvgIpc) is 2.43. The fourth-order valence-electron chi connectivity index (χ4n) is 2.20. The van der Waals surface area contributed by atoms with E-state index < -0.39 is 5.97 Å². The van der Waals surface area contributed by atoms with Gasteiger partial charge in [-0.05, 0) is 25.1 Å². The monoisotopic (exact) mass is 258 g/mol. The van der Waals surface area contributed by atoms with Crippen molar-refractivity contribution in [2.45, 2.75) is 19.8 Å².